The highest BCUT2D eigenvalue weighted by molar-refractivity contribution is 6.09. The minimum atomic E-state index is -4.46. The number of carbonyl (C=O) groups is 2. The smallest absolute Gasteiger partial charge is 0.375 e. The lowest BCUT2D eigenvalue weighted by molar-refractivity contribution is -0.184. The topological polar surface area (TPSA) is 49.9 Å². The summed E-state index contributed by atoms with van der Waals surface area (Å²) in [6.07, 6.45) is -4.46. The van der Waals surface area contributed by atoms with Gasteiger partial charge in [0.15, 0.2) is 5.54 Å². The Balaban J connectivity index is 1.62. The van der Waals surface area contributed by atoms with Crippen LogP contribution in [-0.4, -0.2) is 42.0 Å². The van der Waals surface area contributed by atoms with Gasteiger partial charge in [-0.1, -0.05) is 18.2 Å². The number of amides is 2. The van der Waals surface area contributed by atoms with Crippen LogP contribution in [-0.2, 0) is 27.0 Å². The van der Waals surface area contributed by atoms with Crippen LogP contribution in [0.15, 0.2) is 42.5 Å². The van der Waals surface area contributed by atoms with Crippen molar-refractivity contribution in [2.24, 2.45) is 0 Å². The number of carbonyl (C=O) groups excluding carboxylic acids is 2. The Morgan fingerprint density at radius 2 is 1.73 bits per heavy atom. The van der Waals surface area contributed by atoms with Crippen LogP contribution >= 0.6 is 0 Å². The summed E-state index contributed by atoms with van der Waals surface area (Å²) in [7, 11) is 0. The van der Waals surface area contributed by atoms with Crippen LogP contribution in [0.2, 0.25) is 0 Å². The Labute approximate surface area is 169 Å². The van der Waals surface area contributed by atoms with Crippen LogP contribution in [0.3, 0.4) is 0 Å². The Morgan fingerprint density at radius 1 is 1.07 bits per heavy atom. The molecule has 5 nitrogen and oxygen atoms in total. The van der Waals surface area contributed by atoms with Crippen molar-refractivity contribution in [1.82, 2.24) is 4.90 Å². The molecule has 0 unspecified atom stereocenters. The first kappa shape index (κ1) is 20.3. The normalized spacial score (nSPS) is 18.7. The molecular formula is C21H18F4N2O3. The van der Waals surface area contributed by atoms with Crippen molar-refractivity contribution in [3.63, 3.8) is 0 Å². The summed E-state index contributed by atoms with van der Waals surface area (Å²) in [6, 6.07) is 8.81. The van der Waals surface area contributed by atoms with Crippen molar-refractivity contribution in [3.05, 3.63) is 65.0 Å². The third-order valence-electron chi connectivity index (χ3n) is 5.45. The summed E-state index contributed by atoms with van der Waals surface area (Å²) in [5.41, 5.74) is -0.951. The van der Waals surface area contributed by atoms with Gasteiger partial charge in [-0.3, -0.25) is 14.5 Å². The molecule has 2 aromatic rings. The van der Waals surface area contributed by atoms with Crippen LogP contribution < -0.4 is 4.90 Å². The average molecular weight is 422 g/mol. The monoisotopic (exact) mass is 422 g/mol. The third-order valence-corrected chi connectivity index (χ3v) is 5.45. The molecule has 2 heterocycles. The second-order valence-corrected chi connectivity index (χ2v) is 7.55. The van der Waals surface area contributed by atoms with Gasteiger partial charge in [0.05, 0.1) is 24.5 Å². The number of halogens is 4. The van der Waals surface area contributed by atoms with E-state index < -0.39 is 34.9 Å². The first-order valence-corrected chi connectivity index (χ1v) is 9.24. The van der Waals surface area contributed by atoms with E-state index in [2.05, 4.69) is 0 Å². The lowest BCUT2D eigenvalue weighted by Gasteiger charge is -2.53. The van der Waals surface area contributed by atoms with Crippen LogP contribution in [0.25, 0.3) is 0 Å². The number of ether oxygens (including phenoxy) is 1. The second kappa shape index (κ2) is 7.09. The van der Waals surface area contributed by atoms with E-state index in [1.165, 1.54) is 29.2 Å². The summed E-state index contributed by atoms with van der Waals surface area (Å²) < 4.78 is 58.0. The summed E-state index contributed by atoms with van der Waals surface area (Å²) in [5, 5.41) is 0. The molecule has 0 N–H and O–H groups in total. The molecule has 2 aromatic carbocycles. The molecule has 0 aromatic heterocycles. The minimum Gasteiger partial charge on any atom is -0.375 e. The molecular weight excluding hydrogens is 404 g/mol. The number of anilines is 1. The van der Waals surface area contributed by atoms with Gasteiger partial charge >= 0.3 is 6.18 Å². The predicted octanol–water partition coefficient (Wildman–Crippen LogP) is 3.30. The van der Waals surface area contributed by atoms with E-state index in [0.29, 0.717) is 11.1 Å². The third kappa shape index (κ3) is 3.32. The van der Waals surface area contributed by atoms with Gasteiger partial charge in [-0.05, 0) is 42.3 Å². The van der Waals surface area contributed by atoms with Crippen molar-refractivity contribution in [3.8, 4) is 0 Å². The predicted molar refractivity (Wildman–Crippen MR) is 99.0 cm³/mol. The molecule has 2 amide bonds. The Kier molecular flexibility index (Phi) is 4.80. The van der Waals surface area contributed by atoms with Gasteiger partial charge in [0.2, 0.25) is 5.91 Å². The number of alkyl halides is 3. The van der Waals surface area contributed by atoms with Crippen LogP contribution in [0.4, 0.5) is 23.2 Å². The number of benzene rings is 2. The molecule has 9 heteroatoms. The molecule has 2 saturated heterocycles. The van der Waals surface area contributed by atoms with Gasteiger partial charge in [-0.25, -0.2) is 4.39 Å². The first-order chi connectivity index (χ1) is 14.1. The molecule has 0 radical (unpaired) electrons. The Bertz CT molecular complexity index is 1000. The van der Waals surface area contributed by atoms with E-state index in [1.54, 1.807) is 13.0 Å². The highest BCUT2D eigenvalue weighted by atomic mass is 19.4. The highest BCUT2D eigenvalue weighted by Gasteiger charge is 2.58. The number of aryl methyl sites for hydroxylation is 1. The van der Waals surface area contributed by atoms with E-state index in [-0.39, 0.29) is 32.0 Å². The number of rotatable bonds is 3. The fraction of sp³-hybridized carbons (Fsp3) is 0.333. The molecule has 158 valence electrons. The van der Waals surface area contributed by atoms with Crippen molar-refractivity contribution >= 4 is 17.5 Å². The van der Waals surface area contributed by atoms with Crippen molar-refractivity contribution < 1.29 is 31.9 Å². The first-order valence-electron chi connectivity index (χ1n) is 9.24. The molecule has 2 aliphatic heterocycles. The molecule has 2 fully saturated rings. The fourth-order valence-corrected chi connectivity index (χ4v) is 3.72. The SMILES string of the molecule is Cc1ccc(N2CC(=O)N(Cc3ccc(C(F)(F)F)cc3)C3(COC3)C2=O)c(F)c1. The molecule has 0 bridgehead atoms. The lowest BCUT2D eigenvalue weighted by atomic mass is 9.89. The van der Waals surface area contributed by atoms with Gasteiger partial charge in [0, 0.05) is 6.54 Å². The fourth-order valence-electron chi connectivity index (χ4n) is 3.72. The average Bonchev–Trinajstić information content (AvgIpc) is 2.63. The zero-order valence-corrected chi connectivity index (χ0v) is 16.0. The summed E-state index contributed by atoms with van der Waals surface area (Å²) in [4.78, 5) is 28.6. The van der Waals surface area contributed by atoms with E-state index in [4.69, 9.17) is 4.74 Å². The van der Waals surface area contributed by atoms with E-state index >= 15 is 0 Å². The molecule has 30 heavy (non-hydrogen) atoms. The molecule has 2 aliphatic rings. The largest absolute Gasteiger partial charge is 0.416 e. The van der Waals surface area contributed by atoms with Crippen molar-refractivity contribution in [2.75, 3.05) is 24.7 Å². The van der Waals surface area contributed by atoms with Crippen LogP contribution in [0.1, 0.15) is 16.7 Å². The van der Waals surface area contributed by atoms with Crippen molar-refractivity contribution in [1.29, 1.82) is 0 Å². The van der Waals surface area contributed by atoms with Gasteiger partial charge in [-0.2, -0.15) is 13.2 Å². The standard InChI is InChI=1S/C21H18F4N2O3/c1-13-2-7-17(16(22)8-13)26-10-18(28)27(20(19(26)29)11-30-12-20)9-14-3-5-15(6-4-14)21(23,24)25/h2-8H,9-12H2,1H3. The number of hydrogen-bond donors (Lipinski definition) is 0. The number of nitrogens with zero attached hydrogens (tertiary/aromatic N) is 2. The molecule has 4 rings (SSSR count). The molecule has 1 spiro atoms. The van der Waals surface area contributed by atoms with Gasteiger partial charge in [0.1, 0.15) is 12.4 Å². The van der Waals surface area contributed by atoms with E-state index in [1.807, 2.05) is 0 Å². The molecule has 0 atom stereocenters. The van der Waals surface area contributed by atoms with Crippen LogP contribution in [0, 0.1) is 12.7 Å². The van der Waals surface area contributed by atoms with E-state index in [9.17, 15) is 27.2 Å². The van der Waals surface area contributed by atoms with Gasteiger partial charge in [0.25, 0.3) is 5.91 Å². The number of hydrogen-bond acceptors (Lipinski definition) is 3. The maximum absolute atomic E-state index is 14.4. The number of piperazine rings is 1. The maximum atomic E-state index is 14.4. The maximum Gasteiger partial charge on any atom is 0.416 e. The summed E-state index contributed by atoms with van der Waals surface area (Å²) in [6.45, 7) is 1.20. The molecule has 0 aliphatic carbocycles. The highest BCUT2D eigenvalue weighted by Crippen LogP contribution is 2.36. The molecule has 0 saturated carbocycles. The zero-order valence-electron chi connectivity index (χ0n) is 16.0. The minimum absolute atomic E-state index is 0.0133. The van der Waals surface area contributed by atoms with Crippen molar-refractivity contribution in [2.45, 2.75) is 25.2 Å². The lowest BCUT2D eigenvalue weighted by Crippen LogP contribution is -2.76. The quantitative estimate of drug-likeness (QED) is 0.714. The zero-order chi connectivity index (χ0) is 21.7. The summed E-state index contributed by atoms with van der Waals surface area (Å²) in [5.74, 6) is -1.51. The second-order valence-electron chi connectivity index (χ2n) is 7.55. The van der Waals surface area contributed by atoms with Gasteiger partial charge < -0.3 is 9.64 Å². The summed E-state index contributed by atoms with van der Waals surface area (Å²) >= 11 is 0. The Hall–Kier alpha value is -2.94. The van der Waals surface area contributed by atoms with E-state index in [0.717, 1.165) is 17.0 Å². The Morgan fingerprint density at radius 3 is 2.27 bits per heavy atom. The van der Waals surface area contributed by atoms with Crippen LogP contribution in [0.5, 0.6) is 0 Å². The van der Waals surface area contributed by atoms with Gasteiger partial charge in [-0.15, -0.1) is 0 Å².